The molecule has 1 aliphatic heterocycles. The zero-order valence-corrected chi connectivity index (χ0v) is 14.3. The number of hydrogen-bond acceptors (Lipinski definition) is 2. The van der Waals surface area contributed by atoms with Crippen molar-refractivity contribution in [3.63, 3.8) is 0 Å². The molecule has 0 aromatic heterocycles. The molecule has 0 radical (unpaired) electrons. The van der Waals surface area contributed by atoms with Crippen molar-refractivity contribution in [2.24, 2.45) is 23.0 Å². The second-order valence-corrected chi connectivity index (χ2v) is 8.68. The van der Waals surface area contributed by atoms with Crippen LogP contribution in [0.4, 0.5) is 0 Å². The van der Waals surface area contributed by atoms with Crippen molar-refractivity contribution in [1.82, 2.24) is 4.90 Å². The summed E-state index contributed by atoms with van der Waals surface area (Å²) >= 11 is 0. The first-order chi connectivity index (χ1) is 9.35. The Morgan fingerprint density at radius 3 is 2.15 bits per heavy atom. The first-order valence-electron chi connectivity index (χ1n) is 8.80. The minimum absolute atomic E-state index is 0.248. The summed E-state index contributed by atoms with van der Waals surface area (Å²) in [6.45, 7) is 13.0. The molecule has 2 nitrogen and oxygen atoms in total. The molecule has 0 amide bonds. The van der Waals surface area contributed by atoms with Crippen LogP contribution in [0.3, 0.4) is 0 Å². The molecule has 2 heteroatoms. The van der Waals surface area contributed by atoms with Gasteiger partial charge < -0.3 is 5.73 Å². The molecule has 1 aliphatic carbocycles. The first kappa shape index (κ1) is 16.3. The summed E-state index contributed by atoms with van der Waals surface area (Å²) in [4.78, 5) is 2.73. The van der Waals surface area contributed by atoms with E-state index in [1.54, 1.807) is 0 Å². The van der Waals surface area contributed by atoms with Crippen molar-refractivity contribution < 1.29 is 0 Å². The van der Waals surface area contributed by atoms with Crippen molar-refractivity contribution >= 4 is 0 Å². The molecule has 0 aromatic carbocycles. The average Bonchev–Trinajstić information content (AvgIpc) is 2.59. The third kappa shape index (κ3) is 3.76. The number of nitrogens with two attached hydrogens (primary N) is 1. The van der Waals surface area contributed by atoms with Gasteiger partial charge in [-0.25, -0.2) is 0 Å². The van der Waals surface area contributed by atoms with E-state index in [4.69, 9.17) is 5.73 Å². The number of hydrogen-bond donors (Lipinski definition) is 1. The van der Waals surface area contributed by atoms with Crippen LogP contribution < -0.4 is 5.73 Å². The molecule has 2 unspecified atom stereocenters. The molecule has 0 bridgehead atoms. The lowest BCUT2D eigenvalue weighted by molar-refractivity contribution is 0.0679. The maximum atomic E-state index is 6.19. The summed E-state index contributed by atoms with van der Waals surface area (Å²) in [5.41, 5.74) is 6.90. The quantitative estimate of drug-likeness (QED) is 0.842. The molecule has 0 aromatic rings. The highest BCUT2D eigenvalue weighted by molar-refractivity contribution is 4.93. The van der Waals surface area contributed by atoms with E-state index in [2.05, 4.69) is 32.6 Å². The van der Waals surface area contributed by atoms with Crippen LogP contribution in [0.25, 0.3) is 0 Å². The van der Waals surface area contributed by atoms with Crippen molar-refractivity contribution in [3.8, 4) is 0 Å². The van der Waals surface area contributed by atoms with Gasteiger partial charge in [0.2, 0.25) is 0 Å². The van der Waals surface area contributed by atoms with Gasteiger partial charge in [-0.1, -0.05) is 40.0 Å². The molecule has 2 fully saturated rings. The highest BCUT2D eigenvalue weighted by Gasteiger charge is 2.37. The largest absolute Gasteiger partial charge is 0.329 e. The minimum Gasteiger partial charge on any atom is -0.329 e. The van der Waals surface area contributed by atoms with E-state index < -0.39 is 0 Å². The van der Waals surface area contributed by atoms with Crippen molar-refractivity contribution in [1.29, 1.82) is 0 Å². The van der Waals surface area contributed by atoms with Crippen LogP contribution in [0.2, 0.25) is 0 Å². The SMILES string of the molecule is CC(C)(C)C1CCCN(C(C)(CN)CC2CCC2)CC1. The van der Waals surface area contributed by atoms with Gasteiger partial charge in [-0.15, -0.1) is 0 Å². The Morgan fingerprint density at radius 2 is 1.65 bits per heavy atom. The third-order valence-corrected chi connectivity index (χ3v) is 6.11. The van der Waals surface area contributed by atoms with Gasteiger partial charge in [0, 0.05) is 12.1 Å². The second-order valence-electron chi connectivity index (χ2n) is 8.68. The van der Waals surface area contributed by atoms with E-state index in [0.29, 0.717) is 5.41 Å². The third-order valence-electron chi connectivity index (χ3n) is 6.11. The van der Waals surface area contributed by atoms with E-state index in [1.165, 1.54) is 58.0 Å². The lowest BCUT2D eigenvalue weighted by atomic mass is 9.75. The predicted octanol–water partition coefficient (Wildman–Crippen LogP) is 4.04. The summed E-state index contributed by atoms with van der Waals surface area (Å²) < 4.78 is 0. The maximum absolute atomic E-state index is 6.19. The molecular formula is C18H36N2. The molecule has 1 saturated heterocycles. The maximum Gasteiger partial charge on any atom is 0.0306 e. The summed E-state index contributed by atoms with van der Waals surface area (Å²) in [7, 11) is 0. The standard InChI is InChI=1S/C18H36N2/c1-17(2,3)16-9-6-11-20(12-10-16)18(4,14-19)13-15-7-5-8-15/h15-16H,5-14,19H2,1-4H3. The fourth-order valence-electron chi connectivity index (χ4n) is 4.16. The molecule has 20 heavy (non-hydrogen) atoms. The molecule has 118 valence electrons. The van der Waals surface area contributed by atoms with Crippen LogP contribution in [0, 0.1) is 17.3 Å². The van der Waals surface area contributed by atoms with Gasteiger partial charge in [0.15, 0.2) is 0 Å². The molecule has 1 heterocycles. The number of rotatable bonds is 4. The Labute approximate surface area is 126 Å². The average molecular weight is 280 g/mol. The van der Waals surface area contributed by atoms with Crippen molar-refractivity contribution in [3.05, 3.63) is 0 Å². The zero-order chi connectivity index (χ0) is 14.8. The van der Waals surface area contributed by atoms with Gasteiger partial charge in [0.1, 0.15) is 0 Å². The fourth-order valence-corrected chi connectivity index (χ4v) is 4.16. The van der Waals surface area contributed by atoms with E-state index in [9.17, 15) is 0 Å². The van der Waals surface area contributed by atoms with Crippen LogP contribution in [0.5, 0.6) is 0 Å². The smallest absolute Gasteiger partial charge is 0.0306 e. The number of likely N-dealkylation sites (tertiary alicyclic amines) is 1. The molecule has 2 aliphatic rings. The van der Waals surface area contributed by atoms with Crippen LogP contribution >= 0.6 is 0 Å². The molecule has 2 rings (SSSR count). The van der Waals surface area contributed by atoms with Crippen molar-refractivity contribution in [2.45, 2.75) is 78.2 Å². The van der Waals surface area contributed by atoms with Gasteiger partial charge in [0.05, 0.1) is 0 Å². The van der Waals surface area contributed by atoms with E-state index in [1.807, 2.05) is 0 Å². The Hall–Kier alpha value is -0.0800. The zero-order valence-electron chi connectivity index (χ0n) is 14.3. The summed E-state index contributed by atoms with van der Waals surface area (Å²) in [5.74, 6) is 1.82. The van der Waals surface area contributed by atoms with Crippen LogP contribution in [-0.4, -0.2) is 30.1 Å². The molecule has 2 N–H and O–H groups in total. The van der Waals surface area contributed by atoms with E-state index in [0.717, 1.165) is 18.4 Å². The fraction of sp³-hybridized carbons (Fsp3) is 1.00. The summed E-state index contributed by atoms with van der Waals surface area (Å²) in [5, 5.41) is 0. The van der Waals surface area contributed by atoms with E-state index >= 15 is 0 Å². The Morgan fingerprint density at radius 1 is 0.950 bits per heavy atom. The highest BCUT2D eigenvalue weighted by Crippen LogP contribution is 2.39. The second kappa shape index (κ2) is 6.36. The Kier molecular flexibility index (Phi) is 5.18. The minimum atomic E-state index is 0.248. The molecule has 1 saturated carbocycles. The van der Waals surface area contributed by atoms with Crippen LogP contribution in [0.1, 0.15) is 72.6 Å². The lowest BCUT2D eigenvalue weighted by Crippen LogP contribution is -2.53. The van der Waals surface area contributed by atoms with Gasteiger partial charge in [-0.05, 0) is 62.9 Å². The molecular weight excluding hydrogens is 244 g/mol. The van der Waals surface area contributed by atoms with Crippen molar-refractivity contribution in [2.75, 3.05) is 19.6 Å². The van der Waals surface area contributed by atoms with Gasteiger partial charge in [-0.2, -0.15) is 0 Å². The summed E-state index contributed by atoms with van der Waals surface area (Å²) in [6.07, 6.45) is 9.74. The normalized spacial score (nSPS) is 29.6. The van der Waals surface area contributed by atoms with Crippen LogP contribution in [-0.2, 0) is 0 Å². The van der Waals surface area contributed by atoms with Gasteiger partial charge in [0.25, 0.3) is 0 Å². The van der Waals surface area contributed by atoms with Gasteiger partial charge in [-0.3, -0.25) is 4.90 Å². The molecule has 2 atom stereocenters. The Bertz CT molecular complexity index is 303. The predicted molar refractivity (Wildman–Crippen MR) is 87.8 cm³/mol. The first-order valence-corrected chi connectivity index (χ1v) is 8.80. The summed E-state index contributed by atoms with van der Waals surface area (Å²) in [6, 6.07) is 0. The molecule has 0 spiro atoms. The monoisotopic (exact) mass is 280 g/mol. The van der Waals surface area contributed by atoms with Gasteiger partial charge >= 0.3 is 0 Å². The lowest BCUT2D eigenvalue weighted by Gasteiger charge is -2.44. The van der Waals surface area contributed by atoms with E-state index in [-0.39, 0.29) is 5.54 Å². The highest BCUT2D eigenvalue weighted by atomic mass is 15.2. The topological polar surface area (TPSA) is 29.3 Å². The Balaban J connectivity index is 1.96. The van der Waals surface area contributed by atoms with Crippen LogP contribution in [0.15, 0.2) is 0 Å². The number of nitrogens with zero attached hydrogens (tertiary/aromatic N) is 1.